The maximum Gasteiger partial charge on any atom is 0.360 e. The summed E-state index contributed by atoms with van der Waals surface area (Å²) in [6, 6.07) is 2.78. The van der Waals surface area contributed by atoms with Crippen LogP contribution < -0.4 is 0 Å². The minimum Gasteiger partial charge on any atom is -0.504 e. The van der Waals surface area contributed by atoms with E-state index in [1.54, 1.807) is 0 Å². The van der Waals surface area contributed by atoms with Crippen molar-refractivity contribution in [1.29, 1.82) is 0 Å². The Morgan fingerprint density at radius 3 is 2.63 bits per heavy atom. The number of carbonyl (C=O) groups is 1. The lowest BCUT2D eigenvalue weighted by Gasteiger charge is -2.02. The third-order valence-corrected chi connectivity index (χ3v) is 2.29. The largest absolute Gasteiger partial charge is 0.504 e. The third kappa shape index (κ3) is 2.20. The zero-order chi connectivity index (χ0) is 14.2. The Bertz CT molecular complexity index is 682. The van der Waals surface area contributed by atoms with Gasteiger partial charge in [0.15, 0.2) is 11.6 Å². The second-order valence-electron chi connectivity index (χ2n) is 3.51. The Kier molecular flexibility index (Phi) is 2.87. The predicted octanol–water partition coefficient (Wildman–Crippen LogP) is 1.32. The molecule has 0 radical (unpaired) electrons. The Balaban J connectivity index is 2.50. The average molecular weight is 267 g/mol. The monoisotopic (exact) mass is 267 g/mol. The second kappa shape index (κ2) is 4.37. The quantitative estimate of drug-likeness (QED) is 0.639. The van der Waals surface area contributed by atoms with Gasteiger partial charge in [-0.25, -0.2) is 13.9 Å². The number of hydrogen-bond donors (Lipinski definition) is 2. The van der Waals surface area contributed by atoms with Crippen LogP contribution in [0.3, 0.4) is 0 Å². The van der Waals surface area contributed by atoms with E-state index in [-0.39, 0.29) is 5.69 Å². The van der Waals surface area contributed by atoms with Crippen LogP contribution in [-0.2, 0) is 0 Å². The number of rotatable bonds is 3. The minimum absolute atomic E-state index is 0.214. The summed E-state index contributed by atoms with van der Waals surface area (Å²) >= 11 is 0. The van der Waals surface area contributed by atoms with Crippen molar-refractivity contribution in [2.45, 2.75) is 0 Å². The molecule has 2 rings (SSSR count). The van der Waals surface area contributed by atoms with Crippen molar-refractivity contribution in [2.75, 3.05) is 0 Å². The van der Waals surface area contributed by atoms with Gasteiger partial charge in [0, 0.05) is 6.07 Å². The lowest BCUT2D eigenvalue weighted by atomic mass is 10.2. The Morgan fingerprint density at radius 1 is 1.47 bits per heavy atom. The topological polar surface area (TPSA) is 118 Å². The smallest absolute Gasteiger partial charge is 0.360 e. The van der Waals surface area contributed by atoms with Crippen LogP contribution in [0, 0.1) is 15.9 Å². The molecule has 0 unspecified atom stereocenters. The standard InChI is InChI=1S/C10H6FN3O5/c11-6-3-5(14(18)19)1-2-7(6)13-4-8(15)9(12-13)10(16)17/h1-4,15H,(H,16,17). The van der Waals surface area contributed by atoms with Crippen LogP contribution in [0.5, 0.6) is 5.75 Å². The van der Waals surface area contributed by atoms with Crippen molar-refractivity contribution < 1.29 is 24.3 Å². The molecule has 0 aliphatic carbocycles. The van der Waals surface area contributed by atoms with Gasteiger partial charge < -0.3 is 10.2 Å². The SMILES string of the molecule is O=C(O)c1nn(-c2ccc([N+](=O)[O-])cc2F)cc1O. The first-order chi connectivity index (χ1) is 8.90. The summed E-state index contributed by atoms with van der Waals surface area (Å²) in [6.45, 7) is 0. The number of nitro groups is 1. The fraction of sp³-hybridized carbons (Fsp3) is 0. The molecule has 0 atom stereocenters. The van der Waals surface area contributed by atoms with Crippen LogP contribution in [0.1, 0.15) is 10.5 Å². The maximum atomic E-state index is 13.6. The van der Waals surface area contributed by atoms with Gasteiger partial charge in [-0.2, -0.15) is 5.10 Å². The number of halogens is 1. The number of carboxylic acid groups (broad SMARTS) is 1. The van der Waals surface area contributed by atoms with Crippen molar-refractivity contribution in [2.24, 2.45) is 0 Å². The highest BCUT2D eigenvalue weighted by molar-refractivity contribution is 5.88. The van der Waals surface area contributed by atoms with Gasteiger partial charge in [-0.15, -0.1) is 0 Å². The van der Waals surface area contributed by atoms with E-state index in [1.165, 1.54) is 0 Å². The molecule has 9 heteroatoms. The summed E-state index contributed by atoms with van der Waals surface area (Å²) < 4.78 is 14.4. The number of benzene rings is 1. The van der Waals surface area contributed by atoms with Gasteiger partial charge in [-0.1, -0.05) is 0 Å². The molecule has 1 aromatic carbocycles. The van der Waals surface area contributed by atoms with Crippen LogP contribution in [0.2, 0.25) is 0 Å². The number of aromatic hydroxyl groups is 1. The van der Waals surface area contributed by atoms with Gasteiger partial charge in [-0.3, -0.25) is 10.1 Å². The molecule has 0 saturated carbocycles. The molecule has 1 heterocycles. The normalized spacial score (nSPS) is 10.4. The van der Waals surface area contributed by atoms with E-state index in [0.29, 0.717) is 6.07 Å². The summed E-state index contributed by atoms with van der Waals surface area (Å²) in [5.41, 5.74) is -1.30. The maximum absolute atomic E-state index is 13.6. The van der Waals surface area contributed by atoms with Gasteiger partial charge in [0.2, 0.25) is 5.69 Å². The molecule has 2 aromatic rings. The van der Waals surface area contributed by atoms with Gasteiger partial charge in [0.25, 0.3) is 5.69 Å². The summed E-state index contributed by atoms with van der Waals surface area (Å²) in [4.78, 5) is 20.4. The zero-order valence-electron chi connectivity index (χ0n) is 9.15. The van der Waals surface area contributed by atoms with E-state index in [1.807, 2.05) is 0 Å². The number of carboxylic acids is 1. The van der Waals surface area contributed by atoms with Crippen LogP contribution >= 0.6 is 0 Å². The van der Waals surface area contributed by atoms with Crippen LogP contribution in [0.4, 0.5) is 10.1 Å². The van der Waals surface area contributed by atoms with Crippen LogP contribution in [-0.4, -0.2) is 30.9 Å². The number of aromatic nitrogens is 2. The van der Waals surface area contributed by atoms with Gasteiger partial charge >= 0.3 is 5.97 Å². The van der Waals surface area contributed by atoms with Crippen molar-refractivity contribution in [3.05, 3.63) is 46.0 Å². The van der Waals surface area contributed by atoms with Crippen molar-refractivity contribution >= 4 is 11.7 Å². The van der Waals surface area contributed by atoms with Crippen LogP contribution in [0.25, 0.3) is 5.69 Å². The lowest BCUT2D eigenvalue weighted by molar-refractivity contribution is -0.385. The first kappa shape index (κ1) is 12.5. The Morgan fingerprint density at radius 2 is 2.16 bits per heavy atom. The van der Waals surface area contributed by atoms with Crippen molar-refractivity contribution in [3.8, 4) is 11.4 Å². The molecule has 8 nitrogen and oxygen atoms in total. The van der Waals surface area contributed by atoms with Crippen LogP contribution in [0.15, 0.2) is 24.4 Å². The molecule has 0 aliphatic rings. The molecule has 0 spiro atoms. The molecule has 0 aliphatic heterocycles. The highest BCUT2D eigenvalue weighted by atomic mass is 19.1. The van der Waals surface area contributed by atoms with Crippen molar-refractivity contribution in [3.63, 3.8) is 0 Å². The number of aromatic carboxylic acids is 1. The molecule has 0 saturated heterocycles. The average Bonchev–Trinajstić information content (AvgIpc) is 2.71. The van der Waals surface area contributed by atoms with Crippen molar-refractivity contribution in [1.82, 2.24) is 9.78 Å². The molecule has 0 amide bonds. The highest BCUT2D eigenvalue weighted by Crippen LogP contribution is 2.22. The summed E-state index contributed by atoms with van der Waals surface area (Å²) in [6.07, 6.45) is 0.897. The molecule has 0 fully saturated rings. The fourth-order valence-corrected chi connectivity index (χ4v) is 1.44. The van der Waals surface area contributed by atoms with Gasteiger partial charge in [0.05, 0.1) is 17.2 Å². The van der Waals surface area contributed by atoms with E-state index in [2.05, 4.69) is 5.10 Å². The molecule has 1 aromatic heterocycles. The number of hydrogen-bond acceptors (Lipinski definition) is 5. The fourth-order valence-electron chi connectivity index (χ4n) is 1.44. The van der Waals surface area contributed by atoms with Gasteiger partial charge in [-0.05, 0) is 6.07 Å². The Hall–Kier alpha value is -2.97. The van der Waals surface area contributed by atoms with E-state index in [9.17, 15) is 24.4 Å². The third-order valence-electron chi connectivity index (χ3n) is 2.29. The first-order valence-corrected chi connectivity index (χ1v) is 4.86. The number of nitrogens with zero attached hydrogens (tertiary/aromatic N) is 3. The summed E-state index contributed by atoms with van der Waals surface area (Å²) in [5.74, 6) is -3.07. The van der Waals surface area contributed by atoms with E-state index in [0.717, 1.165) is 23.0 Å². The predicted molar refractivity (Wildman–Crippen MR) is 58.8 cm³/mol. The number of nitro benzene ring substituents is 1. The zero-order valence-corrected chi connectivity index (χ0v) is 9.15. The first-order valence-electron chi connectivity index (χ1n) is 4.86. The molecular weight excluding hydrogens is 261 g/mol. The molecular formula is C10H6FN3O5. The Labute approximate surface area is 104 Å². The molecule has 19 heavy (non-hydrogen) atoms. The number of non-ortho nitro benzene ring substituents is 1. The second-order valence-corrected chi connectivity index (χ2v) is 3.51. The minimum atomic E-state index is -1.47. The van der Waals surface area contributed by atoms with E-state index >= 15 is 0 Å². The summed E-state index contributed by atoms with van der Waals surface area (Å²) in [7, 11) is 0. The van der Waals surface area contributed by atoms with E-state index in [4.69, 9.17) is 5.11 Å². The summed E-state index contributed by atoms with van der Waals surface area (Å²) in [5, 5.41) is 31.9. The highest BCUT2D eigenvalue weighted by Gasteiger charge is 2.18. The molecule has 2 N–H and O–H groups in total. The lowest BCUT2D eigenvalue weighted by Crippen LogP contribution is -2.03. The van der Waals surface area contributed by atoms with Gasteiger partial charge in [0.1, 0.15) is 5.69 Å². The van der Waals surface area contributed by atoms with E-state index < -0.39 is 33.8 Å². The molecule has 0 bridgehead atoms. The molecule has 98 valence electrons.